The van der Waals surface area contributed by atoms with E-state index >= 15 is 0 Å². The third-order valence-corrected chi connectivity index (χ3v) is 4.72. The van der Waals surface area contributed by atoms with E-state index in [4.69, 9.17) is 10.5 Å². The molecule has 0 saturated carbocycles. The second kappa shape index (κ2) is 7.64. The molecular weight excluding hydrogens is 334 g/mol. The Bertz CT molecular complexity index is 1040. The van der Waals surface area contributed by atoms with Gasteiger partial charge in [0, 0.05) is 17.1 Å². The van der Waals surface area contributed by atoms with E-state index in [1.807, 2.05) is 43.3 Å². The fourth-order valence-corrected chi connectivity index (χ4v) is 3.26. The maximum atomic E-state index is 6.23. The molecular formula is C23H23N3O. The minimum Gasteiger partial charge on any atom is -0.492 e. The molecule has 3 aromatic carbocycles. The van der Waals surface area contributed by atoms with Gasteiger partial charge in [-0.2, -0.15) is 5.10 Å². The van der Waals surface area contributed by atoms with Gasteiger partial charge in [0.25, 0.3) is 0 Å². The van der Waals surface area contributed by atoms with Gasteiger partial charge in [0.2, 0.25) is 0 Å². The maximum absolute atomic E-state index is 6.23. The minimum atomic E-state index is -0.0408. The van der Waals surface area contributed by atoms with Crippen LogP contribution in [0.2, 0.25) is 0 Å². The van der Waals surface area contributed by atoms with E-state index in [1.54, 1.807) is 0 Å². The molecule has 0 unspecified atom stereocenters. The molecule has 3 N–H and O–H groups in total. The van der Waals surface area contributed by atoms with Crippen molar-refractivity contribution in [2.45, 2.75) is 19.4 Å². The van der Waals surface area contributed by atoms with Crippen LogP contribution in [-0.2, 0) is 6.42 Å². The van der Waals surface area contributed by atoms with Crippen LogP contribution in [0.1, 0.15) is 11.3 Å². The molecule has 0 fully saturated rings. The number of nitrogens with zero attached hydrogens (tertiary/aromatic N) is 1. The number of nitrogens with two attached hydrogens (primary N) is 1. The van der Waals surface area contributed by atoms with Crippen molar-refractivity contribution in [3.63, 3.8) is 0 Å². The third-order valence-electron chi connectivity index (χ3n) is 4.72. The molecule has 4 aromatic rings. The highest BCUT2D eigenvalue weighted by Gasteiger charge is 2.08. The fourth-order valence-electron chi connectivity index (χ4n) is 3.26. The topological polar surface area (TPSA) is 63.9 Å². The lowest BCUT2D eigenvalue weighted by Gasteiger charge is -2.14. The Hall–Kier alpha value is -3.11. The van der Waals surface area contributed by atoms with Crippen LogP contribution < -0.4 is 10.5 Å². The first-order chi connectivity index (χ1) is 13.2. The molecule has 1 aromatic heterocycles. The first kappa shape index (κ1) is 17.3. The standard InChI is InChI=1S/C23H23N3O/c1-16-22-14-19(10-11-23(22)26-25-16)18-8-5-9-21(13-18)27-15-20(24)12-17-6-3-2-4-7-17/h2-11,13-14,20H,12,15,24H2,1H3,(H,25,26)/t20-/m0/s1. The number of hydrogen-bond acceptors (Lipinski definition) is 3. The molecule has 0 radical (unpaired) electrons. The summed E-state index contributed by atoms with van der Waals surface area (Å²) >= 11 is 0. The largest absolute Gasteiger partial charge is 0.492 e. The van der Waals surface area contributed by atoms with Gasteiger partial charge in [0.15, 0.2) is 0 Å². The van der Waals surface area contributed by atoms with E-state index in [-0.39, 0.29) is 6.04 Å². The Labute approximate surface area is 159 Å². The zero-order valence-corrected chi connectivity index (χ0v) is 15.4. The number of aromatic nitrogens is 2. The summed E-state index contributed by atoms with van der Waals surface area (Å²) < 4.78 is 5.95. The van der Waals surface area contributed by atoms with Crippen molar-refractivity contribution >= 4 is 10.9 Å². The van der Waals surface area contributed by atoms with Crippen molar-refractivity contribution in [1.82, 2.24) is 10.2 Å². The summed E-state index contributed by atoms with van der Waals surface area (Å²) in [6.07, 6.45) is 0.803. The van der Waals surface area contributed by atoms with Crippen molar-refractivity contribution < 1.29 is 4.74 Å². The van der Waals surface area contributed by atoms with E-state index in [1.165, 1.54) is 5.56 Å². The Balaban J connectivity index is 1.46. The van der Waals surface area contributed by atoms with Gasteiger partial charge in [-0.3, -0.25) is 5.10 Å². The number of H-pyrrole nitrogens is 1. The molecule has 0 aliphatic carbocycles. The Morgan fingerprint density at radius 1 is 0.963 bits per heavy atom. The molecule has 0 amide bonds. The number of hydrogen-bond donors (Lipinski definition) is 2. The Morgan fingerprint density at radius 3 is 2.63 bits per heavy atom. The van der Waals surface area contributed by atoms with E-state index in [0.29, 0.717) is 6.61 Å². The molecule has 0 aliphatic heterocycles. The zero-order chi connectivity index (χ0) is 18.6. The van der Waals surface area contributed by atoms with E-state index in [9.17, 15) is 0 Å². The lowest BCUT2D eigenvalue weighted by molar-refractivity contribution is 0.288. The number of ether oxygens (including phenoxy) is 1. The van der Waals surface area contributed by atoms with Crippen LogP contribution in [0, 0.1) is 6.92 Å². The second-order valence-corrected chi connectivity index (χ2v) is 6.87. The second-order valence-electron chi connectivity index (χ2n) is 6.87. The van der Waals surface area contributed by atoms with Gasteiger partial charge in [-0.15, -0.1) is 0 Å². The van der Waals surface area contributed by atoms with Crippen molar-refractivity contribution in [2.75, 3.05) is 6.61 Å². The van der Waals surface area contributed by atoms with Crippen LogP contribution in [0.4, 0.5) is 0 Å². The van der Waals surface area contributed by atoms with Crippen molar-refractivity contribution in [1.29, 1.82) is 0 Å². The molecule has 0 bridgehead atoms. The highest BCUT2D eigenvalue weighted by Crippen LogP contribution is 2.27. The molecule has 4 rings (SSSR count). The van der Waals surface area contributed by atoms with Crippen molar-refractivity contribution in [3.8, 4) is 16.9 Å². The van der Waals surface area contributed by atoms with Crippen LogP contribution in [0.5, 0.6) is 5.75 Å². The van der Waals surface area contributed by atoms with Crippen LogP contribution in [0.25, 0.3) is 22.0 Å². The third kappa shape index (κ3) is 4.01. The number of fused-ring (bicyclic) bond motifs is 1. The molecule has 4 nitrogen and oxygen atoms in total. The number of nitrogens with one attached hydrogen (secondary N) is 1. The lowest BCUT2D eigenvalue weighted by atomic mass is 10.0. The van der Waals surface area contributed by atoms with Crippen LogP contribution in [0.3, 0.4) is 0 Å². The first-order valence-electron chi connectivity index (χ1n) is 9.16. The monoisotopic (exact) mass is 357 g/mol. The first-order valence-corrected chi connectivity index (χ1v) is 9.16. The minimum absolute atomic E-state index is 0.0408. The summed E-state index contributed by atoms with van der Waals surface area (Å²) in [6, 6.07) is 24.6. The average Bonchev–Trinajstić information content (AvgIpc) is 3.08. The predicted octanol–water partition coefficient (Wildman–Crippen LogP) is 4.49. The fraction of sp³-hybridized carbons (Fsp3) is 0.174. The summed E-state index contributed by atoms with van der Waals surface area (Å²) in [6.45, 7) is 2.52. The smallest absolute Gasteiger partial charge is 0.119 e. The van der Waals surface area contributed by atoms with Gasteiger partial charge in [-0.1, -0.05) is 48.5 Å². The predicted molar refractivity (Wildman–Crippen MR) is 110 cm³/mol. The van der Waals surface area contributed by atoms with Gasteiger partial charge >= 0.3 is 0 Å². The summed E-state index contributed by atoms with van der Waals surface area (Å²) in [5.74, 6) is 0.833. The van der Waals surface area contributed by atoms with Gasteiger partial charge in [0.05, 0.1) is 5.52 Å². The van der Waals surface area contributed by atoms with E-state index in [2.05, 4.69) is 46.6 Å². The molecule has 0 aliphatic rings. The lowest BCUT2D eigenvalue weighted by Crippen LogP contribution is -2.30. The molecule has 1 atom stereocenters. The molecule has 1 heterocycles. The van der Waals surface area contributed by atoms with Crippen molar-refractivity contribution in [2.24, 2.45) is 5.73 Å². The van der Waals surface area contributed by atoms with Crippen LogP contribution in [0.15, 0.2) is 72.8 Å². The average molecular weight is 357 g/mol. The van der Waals surface area contributed by atoms with Crippen molar-refractivity contribution in [3.05, 3.63) is 84.1 Å². The molecule has 136 valence electrons. The van der Waals surface area contributed by atoms with E-state index < -0.39 is 0 Å². The van der Waals surface area contributed by atoms with Gasteiger partial charge in [-0.25, -0.2) is 0 Å². The molecule has 27 heavy (non-hydrogen) atoms. The Kier molecular flexibility index (Phi) is 4.90. The summed E-state index contributed by atoms with van der Waals surface area (Å²) in [7, 11) is 0. The quantitative estimate of drug-likeness (QED) is 0.534. The van der Waals surface area contributed by atoms with Crippen LogP contribution in [-0.4, -0.2) is 22.8 Å². The highest BCUT2D eigenvalue weighted by atomic mass is 16.5. The number of aryl methyl sites for hydroxylation is 1. The van der Waals surface area contributed by atoms with Crippen LogP contribution >= 0.6 is 0 Å². The highest BCUT2D eigenvalue weighted by molar-refractivity contribution is 5.86. The molecule has 0 saturated heterocycles. The zero-order valence-electron chi connectivity index (χ0n) is 15.4. The van der Waals surface area contributed by atoms with Gasteiger partial charge < -0.3 is 10.5 Å². The molecule has 0 spiro atoms. The number of rotatable bonds is 6. The van der Waals surface area contributed by atoms with Gasteiger partial charge in [-0.05, 0) is 54.3 Å². The normalized spacial score (nSPS) is 12.2. The number of benzene rings is 3. The van der Waals surface area contributed by atoms with E-state index in [0.717, 1.165) is 39.9 Å². The summed E-state index contributed by atoms with van der Waals surface area (Å²) in [5.41, 5.74) is 11.8. The summed E-state index contributed by atoms with van der Waals surface area (Å²) in [4.78, 5) is 0. The number of aromatic amines is 1. The summed E-state index contributed by atoms with van der Waals surface area (Å²) in [5, 5.41) is 8.46. The van der Waals surface area contributed by atoms with Gasteiger partial charge in [0.1, 0.15) is 12.4 Å². The molecule has 4 heteroatoms. The Morgan fingerprint density at radius 2 is 1.78 bits per heavy atom. The SMILES string of the molecule is Cc1[nH]nc2ccc(-c3cccc(OC[C@@H](N)Cc4ccccc4)c3)cc12. The maximum Gasteiger partial charge on any atom is 0.119 e.